The Labute approximate surface area is 152 Å². The average Bonchev–Trinajstić information content (AvgIpc) is 2.99. The van der Waals surface area contributed by atoms with Crippen LogP contribution < -0.4 is 15.0 Å². The Bertz CT molecular complexity index is 986. The summed E-state index contributed by atoms with van der Waals surface area (Å²) in [7, 11) is 3.16. The summed E-state index contributed by atoms with van der Waals surface area (Å²) in [6.07, 6.45) is 1.88. The highest BCUT2D eigenvalue weighted by Crippen LogP contribution is 2.31. The third-order valence-corrected chi connectivity index (χ3v) is 4.71. The van der Waals surface area contributed by atoms with Gasteiger partial charge in [-0.1, -0.05) is 13.8 Å². The van der Waals surface area contributed by atoms with Gasteiger partial charge in [0.05, 0.1) is 19.9 Å². The van der Waals surface area contributed by atoms with E-state index >= 15 is 0 Å². The molecule has 0 saturated carbocycles. The van der Waals surface area contributed by atoms with Gasteiger partial charge in [-0.05, 0) is 38.0 Å². The molecule has 0 aliphatic carbocycles. The first-order chi connectivity index (χ1) is 12.5. The number of benzene rings is 1. The molecule has 0 spiro atoms. The third kappa shape index (κ3) is 2.94. The van der Waals surface area contributed by atoms with E-state index in [-0.39, 0.29) is 11.5 Å². The van der Waals surface area contributed by atoms with E-state index in [1.54, 1.807) is 30.9 Å². The van der Waals surface area contributed by atoms with Crippen LogP contribution in [-0.2, 0) is 0 Å². The van der Waals surface area contributed by atoms with E-state index in [9.17, 15) is 4.79 Å². The number of nitrogens with one attached hydrogen (secondary N) is 1. The van der Waals surface area contributed by atoms with Crippen molar-refractivity contribution in [3.8, 4) is 22.9 Å². The molecule has 7 nitrogen and oxygen atoms in total. The first-order valence-corrected chi connectivity index (χ1v) is 8.75. The van der Waals surface area contributed by atoms with Crippen LogP contribution in [0.2, 0.25) is 0 Å². The van der Waals surface area contributed by atoms with Gasteiger partial charge in [0.15, 0.2) is 22.8 Å². The van der Waals surface area contributed by atoms with Crippen molar-refractivity contribution < 1.29 is 9.47 Å². The monoisotopic (exact) mass is 356 g/mol. The standard InChI is InChI=1S/C19H24N4O3/c1-6-12(7-2)18-20-11(3)16-19(24)21-17(22-23(16)18)13-8-9-14(25-4)15(10-13)26-5/h8-10,12H,6-7H2,1-5H3,(H,21,22,24). The number of aromatic amines is 1. The number of hydrogen-bond donors (Lipinski definition) is 1. The van der Waals surface area contributed by atoms with E-state index < -0.39 is 0 Å². The summed E-state index contributed by atoms with van der Waals surface area (Å²) >= 11 is 0. The highest BCUT2D eigenvalue weighted by Gasteiger charge is 2.20. The van der Waals surface area contributed by atoms with E-state index in [4.69, 9.17) is 9.47 Å². The van der Waals surface area contributed by atoms with Crippen LogP contribution in [0, 0.1) is 6.92 Å². The van der Waals surface area contributed by atoms with Crippen LogP contribution in [0.25, 0.3) is 16.9 Å². The number of H-pyrrole nitrogens is 1. The van der Waals surface area contributed by atoms with Gasteiger partial charge in [0.1, 0.15) is 5.82 Å². The van der Waals surface area contributed by atoms with Crippen LogP contribution in [0.3, 0.4) is 0 Å². The molecule has 1 N–H and O–H groups in total. The van der Waals surface area contributed by atoms with Crippen LogP contribution in [0.1, 0.15) is 44.1 Å². The van der Waals surface area contributed by atoms with Crippen molar-refractivity contribution >= 4 is 5.52 Å². The highest BCUT2D eigenvalue weighted by atomic mass is 16.5. The molecule has 0 radical (unpaired) electrons. The summed E-state index contributed by atoms with van der Waals surface area (Å²) in [5, 5.41) is 4.68. The lowest BCUT2D eigenvalue weighted by Crippen LogP contribution is -2.16. The molecule has 0 atom stereocenters. The lowest BCUT2D eigenvalue weighted by molar-refractivity contribution is 0.355. The lowest BCUT2D eigenvalue weighted by atomic mass is 10.0. The molecule has 0 unspecified atom stereocenters. The Kier molecular flexibility index (Phi) is 4.97. The second-order valence-electron chi connectivity index (χ2n) is 6.20. The number of nitrogens with zero attached hydrogens (tertiary/aromatic N) is 3. The molecule has 3 aromatic rings. The Morgan fingerprint density at radius 3 is 2.46 bits per heavy atom. The number of fused-ring (bicyclic) bond motifs is 1. The van der Waals surface area contributed by atoms with Crippen LogP contribution in [0.15, 0.2) is 23.0 Å². The molecule has 2 aromatic heterocycles. The van der Waals surface area contributed by atoms with E-state index in [0.717, 1.165) is 24.2 Å². The molecule has 3 rings (SSSR count). The number of aryl methyl sites for hydroxylation is 1. The topological polar surface area (TPSA) is 81.5 Å². The zero-order valence-electron chi connectivity index (χ0n) is 15.8. The van der Waals surface area contributed by atoms with Gasteiger partial charge in [0, 0.05) is 11.5 Å². The van der Waals surface area contributed by atoms with Crippen molar-refractivity contribution in [1.82, 2.24) is 19.6 Å². The van der Waals surface area contributed by atoms with Crippen LogP contribution >= 0.6 is 0 Å². The van der Waals surface area contributed by atoms with Gasteiger partial charge in [0.2, 0.25) is 0 Å². The number of aromatic nitrogens is 4. The Morgan fingerprint density at radius 1 is 1.15 bits per heavy atom. The van der Waals surface area contributed by atoms with Gasteiger partial charge in [-0.3, -0.25) is 4.79 Å². The second kappa shape index (κ2) is 7.19. The quantitative estimate of drug-likeness (QED) is 0.733. The van der Waals surface area contributed by atoms with Gasteiger partial charge in [0.25, 0.3) is 5.56 Å². The number of rotatable bonds is 6. The van der Waals surface area contributed by atoms with Crippen LogP contribution in [-0.4, -0.2) is 33.8 Å². The molecule has 1 aromatic carbocycles. The maximum absolute atomic E-state index is 12.7. The summed E-state index contributed by atoms with van der Waals surface area (Å²) < 4.78 is 12.3. The largest absolute Gasteiger partial charge is 0.493 e. The van der Waals surface area contributed by atoms with Crippen LogP contribution in [0.5, 0.6) is 11.5 Å². The van der Waals surface area contributed by atoms with Crippen LogP contribution in [0.4, 0.5) is 0 Å². The fourth-order valence-electron chi connectivity index (χ4n) is 3.22. The first kappa shape index (κ1) is 18.0. The minimum atomic E-state index is -0.202. The summed E-state index contributed by atoms with van der Waals surface area (Å²) in [6.45, 7) is 6.08. The van der Waals surface area contributed by atoms with E-state index in [1.165, 1.54) is 0 Å². The summed E-state index contributed by atoms with van der Waals surface area (Å²) in [5.74, 6) is 2.75. The molecule has 0 amide bonds. The first-order valence-electron chi connectivity index (χ1n) is 8.75. The van der Waals surface area contributed by atoms with Gasteiger partial charge in [-0.2, -0.15) is 0 Å². The second-order valence-corrected chi connectivity index (χ2v) is 6.20. The average molecular weight is 356 g/mol. The predicted molar refractivity (Wildman–Crippen MR) is 100 cm³/mol. The zero-order valence-corrected chi connectivity index (χ0v) is 15.8. The Hall–Kier alpha value is -2.83. The maximum Gasteiger partial charge on any atom is 0.277 e. The number of hydrogen-bond acceptors (Lipinski definition) is 5. The maximum atomic E-state index is 12.7. The normalized spacial score (nSPS) is 11.3. The summed E-state index contributed by atoms with van der Waals surface area (Å²) in [6, 6.07) is 5.43. The van der Waals surface area contributed by atoms with E-state index in [0.29, 0.717) is 28.5 Å². The van der Waals surface area contributed by atoms with Crippen molar-refractivity contribution in [3.05, 3.63) is 40.1 Å². The number of imidazole rings is 1. The van der Waals surface area contributed by atoms with E-state index in [2.05, 4.69) is 28.9 Å². The molecular formula is C19H24N4O3. The van der Waals surface area contributed by atoms with Crippen molar-refractivity contribution in [2.75, 3.05) is 14.2 Å². The molecular weight excluding hydrogens is 332 g/mol. The highest BCUT2D eigenvalue weighted by molar-refractivity contribution is 5.62. The fraction of sp³-hybridized carbons (Fsp3) is 0.421. The third-order valence-electron chi connectivity index (χ3n) is 4.71. The van der Waals surface area contributed by atoms with Crippen molar-refractivity contribution in [3.63, 3.8) is 0 Å². The number of ether oxygens (including phenoxy) is 2. The molecule has 0 fully saturated rings. The molecule has 7 heteroatoms. The molecule has 138 valence electrons. The number of methoxy groups -OCH3 is 2. The smallest absolute Gasteiger partial charge is 0.277 e. The fourth-order valence-corrected chi connectivity index (χ4v) is 3.22. The van der Waals surface area contributed by atoms with Gasteiger partial charge < -0.3 is 14.5 Å². The van der Waals surface area contributed by atoms with Crippen molar-refractivity contribution in [2.24, 2.45) is 0 Å². The van der Waals surface area contributed by atoms with E-state index in [1.807, 2.05) is 13.0 Å². The molecule has 0 aliphatic heterocycles. The zero-order chi connectivity index (χ0) is 18.8. The SMILES string of the molecule is CCC(CC)c1nc(C)c2c(=O)[nH]c(-c3ccc(OC)c(OC)c3)nn12. The van der Waals surface area contributed by atoms with Crippen molar-refractivity contribution in [1.29, 1.82) is 0 Å². The van der Waals surface area contributed by atoms with Gasteiger partial charge in [-0.15, -0.1) is 5.10 Å². The Morgan fingerprint density at radius 2 is 1.85 bits per heavy atom. The van der Waals surface area contributed by atoms with Gasteiger partial charge >= 0.3 is 0 Å². The summed E-state index contributed by atoms with van der Waals surface area (Å²) in [5.41, 5.74) is 1.73. The minimum absolute atomic E-state index is 0.202. The summed E-state index contributed by atoms with van der Waals surface area (Å²) in [4.78, 5) is 20.2. The molecule has 0 saturated heterocycles. The molecule has 2 heterocycles. The van der Waals surface area contributed by atoms with Gasteiger partial charge in [-0.25, -0.2) is 9.50 Å². The Balaban J connectivity index is 2.22. The minimum Gasteiger partial charge on any atom is -0.493 e. The van der Waals surface area contributed by atoms with Crippen molar-refractivity contribution in [2.45, 2.75) is 39.5 Å². The molecule has 0 bridgehead atoms. The molecule has 26 heavy (non-hydrogen) atoms. The predicted octanol–water partition coefficient (Wildman–Crippen LogP) is 3.31. The lowest BCUT2D eigenvalue weighted by Gasteiger charge is -2.12. The molecule has 0 aliphatic rings.